The average Bonchev–Trinajstić information content (AvgIpc) is 2.67. The predicted octanol–water partition coefficient (Wildman–Crippen LogP) is 3.57. The predicted molar refractivity (Wildman–Crippen MR) is 95.5 cm³/mol. The molecule has 0 bridgehead atoms. The lowest BCUT2D eigenvalue weighted by molar-refractivity contribution is 0.0540. The third kappa shape index (κ3) is 4.14. The summed E-state index contributed by atoms with van der Waals surface area (Å²) in [6.45, 7) is 1.44. The SMILES string of the molecule is O=C(OCc1ccccc1)N1CCN(C(=O)c2c(F)cccc2Cl)CC1. The minimum absolute atomic E-state index is 0.0831. The Morgan fingerprint density at radius 1 is 0.962 bits per heavy atom. The van der Waals surface area contributed by atoms with Crippen LogP contribution in [-0.2, 0) is 11.3 Å². The van der Waals surface area contributed by atoms with Crippen LogP contribution in [0.2, 0.25) is 5.02 Å². The molecule has 7 heteroatoms. The molecule has 1 fully saturated rings. The summed E-state index contributed by atoms with van der Waals surface area (Å²) in [5.74, 6) is -1.11. The fourth-order valence-electron chi connectivity index (χ4n) is 2.76. The van der Waals surface area contributed by atoms with Crippen molar-refractivity contribution < 1.29 is 18.7 Å². The molecule has 2 amide bonds. The first-order valence-electron chi connectivity index (χ1n) is 8.25. The van der Waals surface area contributed by atoms with Gasteiger partial charge in [-0.15, -0.1) is 0 Å². The molecule has 1 aliphatic rings. The Labute approximate surface area is 155 Å². The van der Waals surface area contributed by atoms with E-state index in [1.165, 1.54) is 28.0 Å². The summed E-state index contributed by atoms with van der Waals surface area (Å²) >= 11 is 5.95. The van der Waals surface area contributed by atoms with Gasteiger partial charge in [-0.05, 0) is 17.7 Å². The molecule has 3 rings (SSSR count). The quantitative estimate of drug-likeness (QED) is 0.822. The molecule has 2 aromatic carbocycles. The zero-order valence-corrected chi connectivity index (χ0v) is 14.8. The lowest BCUT2D eigenvalue weighted by Crippen LogP contribution is -2.50. The van der Waals surface area contributed by atoms with Crippen molar-refractivity contribution in [2.24, 2.45) is 0 Å². The number of carbonyl (C=O) groups is 2. The molecule has 0 atom stereocenters. The molecule has 1 heterocycles. The normalized spacial score (nSPS) is 14.2. The zero-order valence-electron chi connectivity index (χ0n) is 14.0. The number of nitrogens with zero attached hydrogens (tertiary/aromatic N) is 2. The lowest BCUT2D eigenvalue weighted by Gasteiger charge is -2.34. The maximum atomic E-state index is 13.9. The van der Waals surface area contributed by atoms with Crippen LogP contribution in [0, 0.1) is 5.82 Å². The molecule has 0 N–H and O–H groups in total. The van der Waals surface area contributed by atoms with Crippen LogP contribution in [0.25, 0.3) is 0 Å². The number of amides is 2. The fraction of sp³-hybridized carbons (Fsp3) is 0.263. The van der Waals surface area contributed by atoms with Crippen molar-refractivity contribution in [2.75, 3.05) is 26.2 Å². The number of carbonyl (C=O) groups excluding carboxylic acids is 2. The van der Waals surface area contributed by atoms with E-state index in [1.807, 2.05) is 30.3 Å². The van der Waals surface area contributed by atoms with Crippen molar-refractivity contribution in [1.82, 2.24) is 9.80 Å². The van der Waals surface area contributed by atoms with Crippen molar-refractivity contribution >= 4 is 23.6 Å². The van der Waals surface area contributed by atoms with Crippen molar-refractivity contribution in [2.45, 2.75) is 6.61 Å². The van der Waals surface area contributed by atoms with Gasteiger partial charge in [-0.3, -0.25) is 4.79 Å². The van der Waals surface area contributed by atoms with E-state index in [0.29, 0.717) is 26.2 Å². The van der Waals surface area contributed by atoms with Gasteiger partial charge < -0.3 is 14.5 Å². The number of ether oxygens (including phenoxy) is 1. The number of hydrogen-bond donors (Lipinski definition) is 0. The standard InChI is InChI=1S/C19H18ClFN2O3/c20-15-7-4-8-16(21)17(15)18(24)22-9-11-23(12-10-22)19(25)26-13-14-5-2-1-3-6-14/h1-8H,9-13H2. The summed E-state index contributed by atoms with van der Waals surface area (Å²) in [4.78, 5) is 27.7. The highest BCUT2D eigenvalue weighted by molar-refractivity contribution is 6.33. The van der Waals surface area contributed by atoms with Crippen LogP contribution in [-0.4, -0.2) is 48.0 Å². The van der Waals surface area contributed by atoms with Gasteiger partial charge >= 0.3 is 6.09 Å². The maximum absolute atomic E-state index is 13.9. The van der Waals surface area contributed by atoms with Crippen LogP contribution in [0.3, 0.4) is 0 Å². The highest BCUT2D eigenvalue weighted by atomic mass is 35.5. The van der Waals surface area contributed by atoms with Crippen LogP contribution >= 0.6 is 11.6 Å². The van der Waals surface area contributed by atoms with Crippen LogP contribution in [0.1, 0.15) is 15.9 Å². The molecule has 1 aliphatic heterocycles. The van der Waals surface area contributed by atoms with E-state index < -0.39 is 17.8 Å². The smallest absolute Gasteiger partial charge is 0.410 e. The van der Waals surface area contributed by atoms with Crippen molar-refractivity contribution in [3.05, 3.63) is 70.5 Å². The van der Waals surface area contributed by atoms with Gasteiger partial charge in [0.1, 0.15) is 12.4 Å². The van der Waals surface area contributed by atoms with Gasteiger partial charge in [0, 0.05) is 26.2 Å². The number of hydrogen-bond acceptors (Lipinski definition) is 3. The van der Waals surface area contributed by atoms with E-state index in [0.717, 1.165) is 5.56 Å². The Bertz CT molecular complexity index is 772. The largest absolute Gasteiger partial charge is 0.445 e. The van der Waals surface area contributed by atoms with E-state index >= 15 is 0 Å². The van der Waals surface area contributed by atoms with Gasteiger partial charge in [0.05, 0.1) is 10.6 Å². The number of piperazine rings is 1. The van der Waals surface area contributed by atoms with Gasteiger partial charge in [0.25, 0.3) is 5.91 Å². The Hall–Kier alpha value is -2.60. The van der Waals surface area contributed by atoms with Gasteiger partial charge in [-0.25, -0.2) is 9.18 Å². The molecule has 1 saturated heterocycles. The summed E-state index contributed by atoms with van der Waals surface area (Å²) in [5, 5.41) is 0.0831. The minimum Gasteiger partial charge on any atom is -0.445 e. The Kier molecular flexibility index (Phi) is 5.73. The molecule has 0 aliphatic carbocycles. The first-order valence-corrected chi connectivity index (χ1v) is 8.63. The van der Waals surface area contributed by atoms with Gasteiger partial charge in [-0.2, -0.15) is 0 Å². The molecule has 0 aromatic heterocycles. The minimum atomic E-state index is -0.646. The van der Waals surface area contributed by atoms with E-state index in [2.05, 4.69) is 0 Å². The molecular formula is C19H18ClFN2O3. The summed E-state index contributed by atoms with van der Waals surface area (Å²) in [7, 11) is 0. The Morgan fingerprint density at radius 2 is 1.62 bits per heavy atom. The topological polar surface area (TPSA) is 49.9 Å². The van der Waals surface area contributed by atoms with E-state index in [-0.39, 0.29) is 17.2 Å². The molecule has 136 valence electrons. The monoisotopic (exact) mass is 376 g/mol. The van der Waals surface area contributed by atoms with Crippen molar-refractivity contribution in [3.63, 3.8) is 0 Å². The number of benzene rings is 2. The third-order valence-electron chi connectivity index (χ3n) is 4.21. The Balaban J connectivity index is 1.54. The lowest BCUT2D eigenvalue weighted by atomic mass is 10.1. The molecule has 0 saturated carbocycles. The molecule has 2 aromatic rings. The second-order valence-electron chi connectivity index (χ2n) is 5.92. The summed E-state index contributed by atoms with van der Waals surface area (Å²) < 4.78 is 19.2. The summed E-state index contributed by atoms with van der Waals surface area (Å²) in [5.41, 5.74) is 0.776. The molecular weight excluding hydrogens is 359 g/mol. The van der Waals surface area contributed by atoms with E-state index in [4.69, 9.17) is 16.3 Å². The first kappa shape index (κ1) is 18.2. The van der Waals surface area contributed by atoms with Crippen molar-refractivity contribution in [3.8, 4) is 0 Å². The molecule has 26 heavy (non-hydrogen) atoms. The van der Waals surface area contributed by atoms with Crippen molar-refractivity contribution in [1.29, 1.82) is 0 Å². The zero-order chi connectivity index (χ0) is 18.5. The maximum Gasteiger partial charge on any atom is 0.410 e. The van der Waals surface area contributed by atoms with Crippen LogP contribution in [0.15, 0.2) is 48.5 Å². The highest BCUT2D eigenvalue weighted by Crippen LogP contribution is 2.21. The van der Waals surface area contributed by atoms with Gasteiger partial charge in [0.2, 0.25) is 0 Å². The third-order valence-corrected chi connectivity index (χ3v) is 4.52. The average molecular weight is 377 g/mol. The second-order valence-corrected chi connectivity index (χ2v) is 6.32. The summed E-state index contributed by atoms with van der Waals surface area (Å²) in [6.07, 6.45) is -0.426. The molecule has 0 spiro atoms. The van der Waals surface area contributed by atoms with Crippen LogP contribution in [0.5, 0.6) is 0 Å². The number of halogens is 2. The molecule has 5 nitrogen and oxygen atoms in total. The highest BCUT2D eigenvalue weighted by Gasteiger charge is 2.28. The van der Waals surface area contributed by atoms with Crippen LogP contribution in [0.4, 0.5) is 9.18 Å². The second kappa shape index (κ2) is 8.19. The number of rotatable bonds is 3. The van der Waals surface area contributed by atoms with E-state index in [1.54, 1.807) is 0 Å². The van der Waals surface area contributed by atoms with E-state index in [9.17, 15) is 14.0 Å². The molecule has 0 radical (unpaired) electrons. The van der Waals surface area contributed by atoms with Crippen LogP contribution < -0.4 is 0 Å². The summed E-state index contributed by atoms with van der Waals surface area (Å²) in [6, 6.07) is 13.5. The Morgan fingerprint density at radius 3 is 2.27 bits per heavy atom. The first-order chi connectivity index (χ1) is 12.6. The van der Waals surface area contributed by atoms with Gasteiger partial charge in [-0.1, -0.05) is 48.0 Å². The van der Waals surface area contributed by atoms with Gasteiger partial charge in [0.15, 0.2) is 0 Å². The molecule has 0 unspecified atom stereocenters. The fourth-order valence-corrected chi connectivity index (χ4v) is 3.01.